The van der Waals surface area contributed by atoms with Crippen molar-refractivity contribution in [1.82, 2.24) is 0 Å². The van der Waals surface area contributed by atoms with Gasteiger partial charge in [0.05, 0.1) is 18.4 Å². The van der Waals surface area contributed by atoms with Crippen LogP contribution >= 0.6 is 0 Å². The summed E-state index contributed by atoms with van der Waals surface area (Å²) in [7, 11) is 1.19. The fourth-order valence-electron chi connectivity index (χ4n) is 1.69. The van der Waals surface area contributed by atoms with E-state index in [0.717, 1.165) is 0 Å². The fourth-order valence-corrected chi connectivity index (χ4v) is 1.69. The Morgan fingerprint density at radius 1 is 1.10 bits per heavy atom. The van der Waals surface area contributed by atoms with Crippen LogP contribution < -0.4 is 11.1 Å². The topological polar surface area (TPSA) is 64.3 Å². The summed E-state index contributed by atoms with van der Waals surface area (Å²) >= 11 is 0. The first kappa shape index (κ1) is 14.7. The van der Waals surface area contributed by atoms with Crippen molar-refractivity contribution >= 4 is 23.0 Å². The molecule has 0 aliphatic heterocycles. The lowest BCUT2D eigenvalue weighted by molar-refractivity contribution is 0.0602. The van der Waals surface area contributed by atoms with Gasteiger partial charge in [-0.2, -0.15) is 0 Å². The maximum absolute atomic E-state index is 13.5. The average molecular weight is 296 g/mol. The van der Waals surface area contributed by atoms with Gasteiger partial charge >= 0.3 is 5.97 Å². The molecule has 0 spiro atoms. The van der Waals surface area contributed by atoms with E-state index in [2.05, 4.69) is 10.1 Å². The second-order valence-corrected chi connectivity index (χ2v) is 4.16. The standard InChI is InChI=1S/C14H11F3N2O2/c1-21-14(20)8-4-7(2-3-12(8)18)19-13-6-10(16)9(15)5-11(13)17/h2-6,19H,18H2,1H3. The summed E-state index contributed by atoms with van der Waals surface area (Å²) in [5.41, 5.74) is 5.88. The van der Waals surface area contributed by atoms with Gasteiger partial charge in [-0.3, -0.25) is 0 Å². The Bertz CT molecular complexity index is 705. The molecule has 0 unspecified atom stereocenters. The van der Waals surface area contributed by atoms with Crippen LogP contribution in [0.25, 0.3) is 0 Å². The molecule has 2 aromatic carbocycles. The quantitative estimate of drug-likeness (QED) is 0.518. The average Bonchev–Trinajstić information content (AvgIpc) is 2.45. The van der Waals surface area contributed by atoms with Crippen molar-refractivity contribution in [3.8, 4) is 0 Å². The Morgan fingerprint density at radius 3 is 2.43 bits per heavy atom. The van der Waals surface area contributed by atoms with Gasteiger partial charge in [-0.05, 0) is 18.2 Å². The van der Waals surface area contributed by atoms with E-state index in [1.54, 1.807) is 0 Å². The Morgan fingerprint density at radius 2 is 1.76 bits per heavy atom. The summed E-state index contributed by atoms with van der Waals surface area (Å²) in [6.45, 7) is 0. The number of esters is 1. The van der Waals surface area contributed by atoms with E-state index in [1.807, 2.05) is 0 Å². The number of hydrogen-bond acceptors (Lipinski definition) is 4. The van der Waals surface area contributed by atoms with Gasteiger partial charge in [-0.1, -0.05) is 0 Å². The number of nitrogen functional groups attached to an aromatic ring is 1. The van der Waals surface area contributed by atoms with E-state index in [4.69, 9.17) is 5.73 Å². The van der Waals surface area contributed by atoms with Crippen molar-refractivity contribution < 1.29 is 22.7 Å². The summed E-state index contributed by atoms with van der Waals surface area (Å²) in [6.07, 6.45) is 0. The van der Waals surface area contributed by atoms with Gasteiger partial charge in [0.1, 0.15) is 5.82 Å². The minimum absolute atomic E-state index is 0.0745. The third kappa shape index (κ3) is 3.07. The zero-order valence-corrected chi connectivity index (χ0v) is 10.9. The Kier molecular flexibility index (Phi) is 4.02. The fraction of sp³-hybridized carbons (Fsp3) is 0.0714. The van der Waals surface area contributed by atoms with Gasteiger partial charge in [0.2, 0.25) is 0 Å². The zero-order valence-electron chi connectivity index (χ0n) is 10.9. The molecular weight excluding hydrogens is 285 g/mol. The van der Waals surface area contributed by atoms with Crippen molar-refractivity contribution in [3.05, 3.63) is 53.3 Å². The molecule has 2 aromatic rings. The normalized spacial score (nSPS) is 10.3. The number of carbonyl (C=O) groups is 1. The number of methoxy groups -OCH3 is 1. The second kappa shape index (κ2) is 5.74. The predicted molar refractivity (Wildman–Crippen MR) is 71.8 cm³/mol. The zero-order chi connectivity index (χ0) is 15.6. The van der Waals surface area contributed by atoms with Gasteiger partial charge in [0.25, 0.3) is 0 Å². The van der Waals surface area contributed by atoms with Crippen molar-refractivity contribution in [2.75, 3.05) is 18.2 Å². The summed E-state index contributed by atoms with van der Waals surface area (Å²) < 4.78 is 44.0. The molecule has 0 amide bonds. The number of carbonyl (C=O) groups excluding carboxylic acids is 1. The van der Waals surface area contributed by atoms with Gasteiger partial charge in [0, 0.05) is 23.5 Å². The number of nitrogens with one attached hydrogen (secondary N) is 1. The predicted octanol–water partition coefficient (Wildman–Crippen LogP) is 3.22. The molecule has 0 aliphatic rings. The molecule has 110 valence electrons. The third-order valence-corrected chi connectivity index (χ3v) is 2.75. The van der Waals surface area contributed by atoms with E-state index in [1.165, 1.54) is 25.3 Å². The van der Waals surface area contributed by atoms with Crippen LogP contribution in [0.2, 0.25) is 0 Å². The third-order valence-electron chi connectivity index (χ3n) is 2.75. The van der Waals surface area contributed by atoms with Gasteiger partial charge < -0.3 is 15.8 Å². The van der Waals surface area contributed by atoms with Crippen LogP contribution in [-0.4, -0.2) is 13.1 Å². The highest BCUT2D eigenvalue weighted by molar-refractivity contribution is 5.96. The van der Waals surface area contributed by atoms with E-state index >= 15 is 0 Å². The number of halogens is 3. The number of ether oxygens (including phenoxy) is 1. The maximum Gasteiger partial charge on any atom is 0.340 e. The number of anilines is 3. The molecular formula is C14H11F3N2O2. The first-order valence-corrected chi connectivity index (χ1v) is 5.81. The number of benzene rings is 2. The van der Waals surface area contributed by atoms with Gasteiger partial charge in [0.15, 0.2) is 11.6 Å². The lowest BCUT2D eigenvalue weighted by Gasteiger charge is -2.11. The molecule has 2 rings (SSSR count). The molecule has 0 aromatic heterocycles. The number of rotatable bonds is 3. The van der Waals surface area contributed by atoms with E-state index in [0.29, 0.717) is 12.1 Å². The van der Waals surface area contributed by atoms with E-state index in [-0.39, 0.29) is 22.6 Å². The second-order valence-electron chi connectivity index (χ2n) is 4.16. The molecule has 0 fully saturated rings. The molecule has 0 radical (unpaired) electrons. The Balaban J connectivity index is 2.36. The molecule has 0 saturated carbocycles. The number of hydrogen-bond donors (Lipinski definition) is 2. The van der Waals surface area contributed by atoms with Crippen molar-refractivity contribution in [1.29, 1.82) is 0 Å². The molecule has 0 heterocycles. The van der Waals surface area contributed by atoms with Crippen LogP contribution in [0, 0.1) is 17.5 Å². The van der Waals surface area contributed by atoms with Crippen LogP contribution in [0.1, 0.15) is 10.4 Å². The molecule has 0 bridgehead atoms. The van der Waals surface area contributed by atoms with Crippen LogP contribution in [0.15, 0.2) is 30.3 Å². The summed E-state index contributed by atoms with van der Waals surface area (Å²) in [4.78, 5) is 11.5. The van der Waals surface area contributed by atoms with Crippen LogP contribution in [0.4, 0.5) is 30.2 Å². The lowest BCUT2D eigenvalue weighted by Crippen LogP contribution is -2.06. The molecule has 4 nitrogen and oxygen atoms in total. The Labute approximate surface area is 118 Å². The summed E-state index contributed by atoms with van der Waals surface area (Å²) in [5.74, 6) is -4.11. The van der Waals surface area contributed by atoms with Gasteiger partial charge in [-0.15, -0.1) is 0 Å². The summed E-state index contributed by atoms with van der Waals surface area (Å²) in [5, 5.41) is 2.54. The minimum Gasteiger partial charge on any atom is -0.465 e. The smallest absolute Gasteiger partial charge is 0.340 e. The van der Waals surface area contributed by atoms with Gasteiger partial charge in [-0.25, -0.2) is 18.0 Å². The molecule has 3 N–H and O–H groups in total. The minimum atomic E-state index is -1.29. The monoisotopic (exact) mass is 296 g/mol. The first-order chi connectivity index (χ1) is 9.92. The Hall–Kier alpha value is -2.70. The maximum atomic E-state index is 13.5. The first-order valence-electron chi connectivity index (χ1n) is 5.81. The highest BCUT2D eigenvalue weighted by atomic mass is 19.2. The van der Waals surface area contributed by atoms with Crippen LogP contribution in [0.5, 0.6) is 0 Å². The highest BCUT2D eigenvalue weighted by Gasteiger charge is 2.13. The van der Waals surface area contributed by atoms with Crippen LogP contribution in [0.3, 0.4) is 0 Å². The SMILES string of the molecule is COC(=O)c1cc(Nc2cc(F)c(F)cc2F)ccc1N. The molecule has 0 atom stereocenters. The van der Waals surface area contributed by atoms with Crippen molar-refractivity contribution in [2.24, 2.45) is 0 Å². The largest absolute Gasteiger partial charge is 0.465 e. The molecule has 0 aliphatic carbocycles. The molecule has 0 saturated heterocycles. The highest BCUT2D eigenvalue weighted by Crippen LogP contribution is 2.25. The molecule has 7 heteroatoms. The number of nitrogens with two attached hydrogens (primary N) is 1. The van der Waals surface area contributed by atoms with E-state index < -0.39 is 23.4 Å². The van der Waals surface area contributed by atoms with Crippen molar-refractivity contribution in [2.45, 2.75) is 0 Å². The summed E-state index contributed by atoms with van der Waals surface area (Å²) in [6, 6.07) is 5.30. The van der Waals surface area contributed by atoms with Crippen LogP contribution in [-0.2, 0) is 4.74 Å². The van der Waals surface area contributed by atoms with Crippen molar-refractivity contribution in [3.63, 3.8) is 0 Å². The lowest BCUT2D eigenvalue weighted by atomic mass is 10.1. The molecule has 21 heavy (non-hydrogen) atoms. The van der Waals surface area contributed by atoms with E-state index in [9.17, 15) is 18.0 Å².